The molecule has 37 heavy (non-hydrogen) atoms. The molecular formula is C30H18N6Pt. The molecule has 6 nitrogen and oxygen atoms in total. The van der Waals surface area contributed by atoms with Crippen molar-refractivity contribution in [3.8, 4) is 11.1 Å². The smallest absolute Gasteiger partial charge is 0.313 e. The summed E-state index contributed by atoms with van der Waals surface area (Å²) in [5.74, 6) is 2.28. The molecule has 178 valence electrons. The molecule has 0 saturated carbocycles. The van der Waals surface area contributed by atoms with E-state index >= 15 is 0 Å². The first-order valence-electron chi connectivity index (χ1n) is 11.6. The average molecular weight is 658 g/mol. The Morgan fingerprint density at radius 3 is 1.35 bits per heavy atom. The SMILES string of the molecule is [Pt+2].[c-]1c2cccc1N(c1ccccc1)C1=NC(=C3N=CC(=N3)N(c3ccccc3)c3[c-]c-2ccc3)N=C1. The zero-order valence-electron chi connectivity index (χ0n) is 19.4. The number of amidine groups is 2. The van der Waals surface area contributed by atoms with Crippen LogP contribution in [0.2, 0.25) is 0 Å². The molecule has 7 rings (SSSR count). The number of para-hydroxylation sites is 2. The Kier molecular flexibility index (Phi) is 5.95. The Balaban J connectivity index is 0.00000252. The second-order valence-electron chi connectivity index (χ2n) is 8.34. The molecule has 0 radical (unpaired) electrons. The molecule has 7 heteroatoms. The van der Waals surface area contributed by atoms with Crippen molar-refractivity contribution in [2.24, 2.45) is 20.0 Å². The van der Waals surface area contributed by atoms with Crippen LogP contribution in [0.1, 0.15) is 0 Å². The number of aliphatic imine (C=N–C) groups is 4. The minimum Gasteiger partial charge on any atom is -0.313 e. The van der Waals surface area contributed by atoms with Crippen LogP contribution >= 0.6 is 0 Å². The maximum atomic E-state index is 4.82. The third-order valence-electron chi connectivity index (χ3n) is 6.06. The van der Waals surface area contributed by atoms with Crippen molar-refractivity contribution in [2.75, 3.05) is 9.80 Å². The molecule has 4 aromatic carbocycles. The van der Waals surface area contributed by atoms with E-state index in [0.717, 1.165) is 33.9 Å². The van der Waals surface area contributed by atoms with Crippen molar-refractivity contribution in [1.29, 1.82) is 0 Å². The van der Waals surface area contributed by atoms with Gasteiger partial charge in [0, 0.05) is 11.4 Å². The van der Waals surface area contributed by atoms with Crippen molar-refractivity contribution < 1.29 is 21.1 Å². The third-order valence-corrected chi connectivity index (χ3v) is 6.06. The van der Waals surface area contributed by atoms with Gasteiger partial charge in [-0.3, -0.25) is 0 Å². The van der Waals surface area contributed by atoms with Crippen LogP contribution in [0.15, 0.2) is 129 Å². The van der Waals surface area contributed by atoms with Crippen LogP contribution in [0.3, 0.4) is 0 Å². The summed E-state index contributed by atoms with van der Waals surface area (Å²) in [6.45, 7) is 0. The fourth-order valence-electron chi connectivity index (χ4n) is 4.43. The maximum Gasteiger partial charge on any atom is 2.00 e. The summed E-state index contributed by atoms with van der Waals surface area (Å²) in [5, 5.41) is 0. The molecule has 0 atom stereocenters. The zero-order valence-corrected chi connectivity index (χ0v) is 21.7. The molecule has 4 aromatic rings. The molecule has 0 aromatic heterocycles. The molecule has 3 aliphatic rings. The van der Waals surface area contributed by atoms with Gasteiger partial charge in [-0.15, -0.1) is 12.1 Å². The summed E-state index contributed by atoms with van der Waals surface area (Å²) in [6, 6.07) is 39.5. The molecule has 3 heterocycles. The van der Waals surface area contributed by atoms with Crippen LogP contribution in [0.4, 0.5) is 22.7 Å². The summed E-state index contributed by atoms with van der Waals surface area (Å²) in [4.78, 5) is 22.9. The van der Waals surface area contributed by atoms with Gasteiger partial charge in [-0.05, 0) is 35.6 Å². The molecule has 0 aliphatic carbocycles. The largest absolute Gasteiger partial charge is 2.00 e. The molecule has 0 fully saturated rings. The van der Waals surface area contributed by atoms with E-state index in [0.29, 0.717) is 23.3 Å². The average Bonchev–Trinajstić information content (AvgIpc) is 3.61. The van der Waals surface area contributed by atoms with Gasteiger partial charge in [-0.1, -0.05) is 36.4 Å². The monoisotopic (exact) mass is 657 g/mol. The molecule has 0 amide bonds. The van der Waals surface area contributed by atoms with Crippen molar-refractivity contribution in [1.82, 2.24) is 0 Å². The standard InChI is InChI=1S/C30H18N6.Pt/c1-3-11-23(12-4-1)35-25-15-7-9-21(17-25)22-10-8-16-26(18-22)36(24-13-5-2-6-14-24)28-20-32-30(34-28)29-31-19-27(35)33-29;/h1-16,19-20H;/q-2;+2. The topological polar surface area (TPSA) is 55.9 Å². The summed E-state index contributed by atoms with van der Waals surface area (Å²) < 4.78 is 0. The van der Waals surface area contributed by atoms with Crippen molar-refractivity contribution >= 4 is 46.8 Å². The third kappa shape index (κ3) is 4.15. The van der Waals surface area contributed by atoms with E-state index in [2.05, 4.69) is 22.1 Å². The number of rotatable bonds is 2. The first-order chi connectivity index (χ1) is 17.8. The molecular weight excluding hydrogens is 639 g/mol. The quantitative estimate of drug-likeness (QED) is 0.237. The number of hydrogen-bond acceptors (Lipinski definition) is 6. The fraction of sp³-hybridized carbons (Fsp3) is 0. The van der Waals surface area contributed by atoms with E-state index in [9.17, 15) is 0 Å². The van der Waals surface area contributed by atoms with Crippen molar-refractivity contribution in [2.45, 2.75) is 0 Å². The Bertz CT molecular complexity index is 1510. The summed E-state index contributed by atoms with van der Waals surface area (Å²) in [7, 11) is 0. The second kappa shape index (κ2) is 9.56. The summed E-state index contributed by atoms with van der Waals surface area (Å²) >= 11 is 0. The summed E-state index contributed by atoms with van der Waals surface area (Å²) in [6.07, 6.45) is 3.50. The number of fused-ring (bicyclic) bond motifs is 7. The van der Waals surface area contributed by atoms with Crippen LogP contribution in [-0.4, -0.2) is 24.1 Å². The normalized spacial score (nSPS) is 15.2. The first kappa shape index (κ1) is 23.0. The van der Waals surface area contributed by atoms with E-state index in [1.165, 1.54) is 0 Å². The number of benzene rings is 4. The number of hydrogen-bond donors (Lipinski definition) is 0. The van der Waals surface area contributed by atoms with Crippen LogP contribution in [-0.2, 0) is 21.1 Å². The van der Waals surface area contributed by atoms with Gasteiger partial charge in [0.1, 0.15) is 0 Å². The Morgan fingerprint density at radius 2 is 0.919 bits per heavy atom. The van der Waals surface area contributed by atoms with Crippen molar-refractivity contribution in [3.63, 3.8) is 0 Å². The van der Waals surface area contributed by atoms with Gasteiger partial charge in [-0.25, -0.2) is 31.1 Å². The van der Waals surface area contributed by atoms with E-state index in [-0.39, 0.29) is 21.1 Å². The van der Waals surface area contributed by atoms with Gasteiger partial charge in [0.05, 0.1) is 12.4 Å². The minimum atomic E-state index is 0. The minimum absolute atomic E-state index is 0. The van der Waals surface area contributed by atoms with Crippen LogP contribution in [0.5, 0.6) is 0 Å². The first-order valence-corrected chi connectivity index (χ1v) is 11.6. The second-order valence-corrected chi connectivity index (χ2v) is 8.34. The Labute approximate surface area is 229 Å². The fourth-order valence-corrected chi connectivity index (χ4v) is 4.43. The van der Waals surface area contributed by atoms with Gasteiger partial charge in [-0.2, -0.15) is 36.4 Å². The van der Waals surface area contributed by atoms with Gasteiger partial charge in [0.2, 0.25) is 0 Å². The van der Waals surface area contributed by atoms with Crippen LogP contribution in [0.25, 0.3) is 11.1 Å². The Hall–Kier alpha value is -4.41. The molecule has 0 unspecified atom stereocenters. The van der Waals surface area contributed by atoms with Crippen molar-refractivity contribution in [3.05, 3.63) is 121 Å². The van der Waals surface area contributed by atoms with E-state index in [1.807, 2.05) is 107 Å². The number of anilines is 4. The van der Waals surface area contributed by atoms with E-state index < -0.39 is 0 Å². The van der Waals surface area contributed by atoms with Gasteiger partial charge < -0.3 is 9.80 Å². The zero-order chi connectivity index (χ0) is 23.9. The Morgan fingerprint density at radius 1 is 0.486 bits per heavy atom. The molecule has 3 aliphatic heterocycles. The van der Waals surface area contributed by atoms with Gasteiger partial charge >= 0.3 is 21.1 Å². The van der Waals surface area contributed by atoms with E-state index in [1.54, 1.807) is 12.4 Å². The molecule has 8 bridgehead atoms. The number of nitrogens with zero attached hydrogens (tertiary/aromatic N) is 6. The predicted octanol–water partition coefficient (Wildman–Crippen LogP) is 6.33. The predicted molar refractivity (Wildman–Crippen MR) is 146 cm³/mol. The van der Waals surface area contributed by atoms with E-state index in [4.69, 9.17) is 9.98 Å². The summed E-state index contributed by atoms with van der Waals surface area (Å²) in [5.41, 5.74) is 5.47. The molecule has 0 saturated heterocycles. The van der Waals surface area contributed by atoms with Gasteiger partial charge in [0.25, 0.3) is 0 Å². The molecule has 0 N–H and O–H groups in total. The maximum absolute atomic E-state index is 4.82. The molecule has 0 spiro atoms. The van der Waals surface area contributed by atoms with Crippen LogP contribution in [0, 0.1) is 12.1 Å². The van der Waals surface area contributed by atoms with Crippen LogP contribution < -0.4 is 9.80 Å². The van der Waals surface area contributed by atoms with Gasteiger partial charge in [0.15, 0.2) is 23.3 Å².